The monoisotopic (exact) mass is 304 g/mol. The molecular weight excluding hydrogens is 280 g/mol. The Hall–Kier alpha value is -1.88. The van der Waals surface area contributed by atoms with Gasteiger partial charge in [0.15, 0.2) is 0 Å². The maximum absolute atomic E-state index is 12.2. The van der Waals surface area contributed by atoms with Crippen molar-refractivity contribution in [3.8, 4) is 0 Å². The molecule has 0 bridgehead atoms. The Balaban J connectivity index is 2.02. The molecule has 1 saturated heterocycles. The van der Waals surface area contributed by atoms with Gasteiger partial charge in [-0.2, -0.15) is 0 Å². The number of hydrogen-bond donors (Lipinski definition) is 2. The third-order valence-electron chi connectivity index (χ3n) is 4.21. The number of benzene rings is 1. The third-order valence-corrected chi connectivity index (χ3v) is 4.21. The first-order valence-electron chi connectivity index (χ1n) is 7.89. The van der Waals surface area contributed by atoms with Crippen molar-refractivity contribution in [2.75, 3.05) is 18.1 Å². The zero-order valence-corrected chi connectivity index (χ0v) is 13.2. The Morgan fingerprint density at radius 3 is 2.59 bits per heavy atom. The van der Waals surface area contributed by atoms with E-state index in [1.807, 2.05) is 31.2 Å². The topological polar surface area (TPSA) is 69.6 Å². The first-order valence-corrected chi connectivity index (χ1v) is 7.89. The lowest BCUT2D eigenvalue weighted by Gasteiger charge is -2.19. The predicted octanol–water partition coefficient (Wildman–Crippen LogP) is 1.49. The molecule has 5 heteroatoms. The zero-order valence-electron chi connectivity index (χ0n) is 13.2. The molecule has 2 rings (SSSR count). The van der Waals surface area contributed by atoms with E-state index in [9.17, 15) is 9.59 Å². The maximum atomic E-state index is 12.2. The second-order valence-corrected chi connectivity index (χ2v) is 5.72. The minimum atomic E-state index is -0.348. The van der Waals surface area contributed by atoms with Gasteiger partial charge < -0.3 is 15.3 Å². The van der Waals surface area contributed by atoms with E-state index in [1.165, 1.54) is 5.56 Å². The minimum absolute atomic E-state index is 0.0264. The fourth-order valence-corrected chi connectivity index (χ4v) is 2.64. The van der Waals surface area contributed by atoms with Crippen LogP contribution in [0.1, 0.15) is 32.3 Å². The number of aliphatic hydroxyl groups excluding tert-OH is 1. The van der Waals surface area contributed by atoms with Gasteiger partial charge in [0.25, 0.3) is 0 Å². The SMILES string of the molecule is CCc1ccc(N2CC(C(=O)NC(CC)CO)CC2=O)cc1. The third kappa shape index (κ3) is 3.65. The van der Waals surface area contributed by atoms with Gasteiger partial charge in [0.2, 0.25) is 11.8 Å². The summed E-state index contributed by atoms with van der Waals surface area (Å²) in [5.41, 5.74) is 2.06. The van der Waals surface area contributed by atoms with Crippen molar-refractivity contribution in [2.45, 2.75) is 39.2 Å². The summed E-state index contributed by atoms with van der Waals surface area (Å²) in [5, 5.41) is 12.0. The highest BCUT2D eigenvalue weighted by atomic mass is 16.3. The molecule has 0 saturated carbocycles. The summed E-state index contributed by atoms with van der Waals surface area (Å²) in [6, 6.07) is 7.64. The molecule has 0 aromatic heterocycles. The molecule has 0 radical (unpaired) electrons. The smallest absolute Gasteiger partial charge is 0.227 e. The zero-order chi connectivity index (χ0) is 16.1. The maximum Gasteiger partial charge on any atom is 0.227 e. The van der Waals surface area contributed by atoms with Crippen LogP contribution in [0.15, 0.2) is 24.3 Å². The molecular formula is C17H24N2O3. The number of hydrogen-bond acceptors (Lipinski definition) is 3. The van der Waals surface area contributed by atoms with Crippen molar-refractivity contribution < 1.29 is 14.7 Å². The van der Waals surface area contributed by atoms with E-state index < -0.39 is 0 Å². The molecule has 2 atom stereocenters. The summed E-state index contributed by atoms with van der Waals surface area (Å²) >= 11 is 0. The standard InChI is InChI=1S/C17H24N2O3/c1-3-12-5-7-15(8-6-12)19-10-13(9-16(19)21)17(22)18-14(4-2)11-20/h5-8,13-14,20H,3-4,9-11H2,1-2H3,(H,18,22). The quantitative estimate of drug-likeness (QED) is 0.836. The molecule has 0 aliphatic carbocycles. The van der Waals surface area contributed by atoms with Crippen LogP contribution in [-0.2, 0) is 16.0 Å². The van der Waals surface area contributed by atoms with E-state index in [0.29, 0.717) is 13.0 Å². The van der Waals surface area contributed by atoms with Gasteiger partial charge in [-0.25, -0.2) is 0 Å². The molecule has 1 aliphatic heterocycles. The Labute approximate surface area is 131 Å². The van der Waals surface area contributed by atoms with Crippen LogP contribution < -0.4 is 10.2 Å². The van der Waals surface area contributed by atoms with Gasteiger partial charge in [-0.1, -0.05) is 26.0 Å². The van der Waals surface area contributed by atoms with Gasteiger partial charge >= 0.3 is 0 Å². The number of nitrogens with zero attached hydrogens (tertiary/aromatic N) is 1. The van der Waals surface area contributed by atoms with Crippen molar-refractivity contribution in [3.63, 3.8) is 0 Å². The fraction of sp³-hybridized carbons (Fsp3) is 0.529. The highest BCUT2D eigenvalue weighted by Gasteiger charge is 2.35. The van der Waals surface area contributed by atoms with Crippen LogP contribution in [0.4, 0.5) is 5.69 Å². The van der Waals surface area contributed by atoms with Crippen molar-refractivity contribution in [1.29, 1.82) is 0 Å². The first kappa shape index (κ1) is 16.5. The van der Waals surface area contributed by atoms with Gasteiger partial charge in [-0.3, -0.25) is 9.59 Å². The molecule has 1 heterocycles. The van der Waals surface area contributed by atoms with Crippen LogP contribution >= 0.6 is 0 Å². The molecule has 1 aromatic rings. The van der Waals surface area contributed by atoms with Crippen LogP contribution in [-0.4, -0.2) is 36.1 Å². The fourth-order valence-electron chi connectivity index (χ4n) is 2.64. The van der Waals surface area contributed by atoms with Crippen LogP contribution in [0.2, 0.25) is 0 Å². The summed E-state index contributed by atoms with van der Waals surface area (Å²) in [5.74, 6) is -0.526. The van der Waals surface area contributed by atoms with Crippen molar-refractivity contribution in [2.24, 2.45) is 5.92 Å². The summed E-state index contributed by atoms with van der Waals surface area (Å²) in [6.07, 6.45) is 1.85. The predicted molar refractivity (Wildman–Crippen MR) is 85.6 cm³/mol. The van der Waals surface area contributed by atoms with Crippen LogP contribution in [0.3, 0.4) is 0 Å². The summed E-state index contributed by atoms with van der Waals surface area (Å²) in [6.45, 7) is 4.31. The van der Waals surface area contributed by atoms with Crippen molar-refractivity contribution >= 4 is 17.5 Å². The van der Waals surface area contributed by atoms with Gasteiger partial charge in [0.05, 0.1) is 18.6 Å². The lowest BCUT2D eigenvalue weighted by molar-refractivity contribution is -0.127. The number of rotatable bonds is 6. The second-order valence-electron chi connectivity index (χ2n) is 5.72. The van der Waals surface area contributed by atoms with E-state index in [-0.39, 0.29) is 36.8 Å². The van der Waals surface area contributed by atoms with Crippen molar-refractivity contribution in [3.05, 3.63) is 29.8 Å². The van der Waals surface area contributed by atoms with Gasteiger partial charge in [-0.05, 0) is 30.5 Å². The number of carbonyl (C=O) groups is 2. The molecule has 2 N–H and O–H groups in total. The average Bonchev–Trinajstić information content (AvgIpc) is 2.94. The average molecular weight is 304 g/mol. The lowest BCUT2D eigenvalue weighted by Crippen LogP contribution is -2.41. The summed E-state index contributed by atoms with van der Waals surface area (Å²) in [7, 11) is 0. The van der Waals surface area contributed by atoms with E-state index in [0.717, 1.165) is 12.1 Å². The Morgan fingerprint density at radius 2 is 2.05 bits per heavy atom. The minimum Gasteiger partial charge on any atom is -0.394 e. The van der Waals surface area contributed by atoms with Gasteiger partial charge in [0.1, 0.15) is 0 Å². The van der Waals surface area contributed by atoms with E-state index in [4.69, 9.17) is 5.11 Å². The van der Waals surface area contributed by atoms with E-state index in [1.54, 1.807) is 4.90 Å². The Kier molecular flexibility index (Phi) is 5.55. The molecule has 2 unspecified atom stereocenters. The van der Waals surface area contributed by atoms with Crippen LogP contribution in [0.5, 0.6) is 0 Å². The normalized spacial score (nSPS) is 19.3. The lowest BCUT2D eigenvalue weighted by atomic mass is 10.1. The van der Waals surface area contributed by atoms with E-state index >= 15 is 0 Å². The first-order chi connectivity index (χ1) is 10.6. The van der Waals surface area contributed by atoms with Crippen LogP contribution in [0, 0.1) is 5.92 Å². The Bertz CT molecular complexity index is 523. The van der Waals surface area contributed by atoms with Gasteiger partial charge in [0, 0.05) is 18.7 Å². The molecule has 5 nitrogen and oxygen atoms in total. The van der Waals surface area contributed by atoms with Gasteiger partial charge in [-0.15, -0.1) is 0 Å². The highest BCUT2D eigenvalue weighted by molar-refractivity contribution is 6.00. The van der Waals surface area contributed by atoms with E-state index in [2.05, 4.69) is 12.2 Å². The molecule has 0 spiro atoms. The van der Waals surface area contributed by atoms with Crippen molar-refractivity contribution in [1.82, 2.24) is 5.32 Å². The molecule has 1 aliphatic rings. The number of anilines is 1. The van der Waals surface area contributed by atoms with Crippen LogP contribution in [0.25, 0.3) is 0 Å². The number of aryl methyl sites for hydroxylation is 1. The molecule has 1 fully saturated rings. The number of carbonyl (C=O) groups excluding carboxylic acids is 2. The summed E-state index contributed by atoms with van der Waals surface area (Å²) in [4.78, 5) is 26.0. The highest BCUT2D eigenvalue weighted by Crippen LogP contribution is 2.25. The molecule has 1 aromatic carbocycles. The summed E-state index contributed by atoms with van der Waals surface area (Å²) < 4.78 is 0. The second kappa shape index (κ2) is 7.40. The largest absolute Gasteiger partial charge is 0.394 e. The molecule has 120 valence electrons. The number of amides is 2. The Morgan fingerprint density at radius 1 is 1.36 bits per heavy atom. The molecule has 22 heavy (non-hydrogen) atoms. The number of aliphatic hydroxyl groups is 1. The number of nitrogens with one attached hydrogen (secondary N) is 1. The molecule has 2 amide bonds.